The molecule has 0 aliphatic carbocycles. The zero-order chi connectivity index (χ0) is 21.5. The summed E-state index contributed by atoms with van der Waals surface area (Å²) in [6.07, 6.45) is -0.899. The Labute approximate surface area is 182 Å². The summed E-state index contributed by atoms with van der Waals surface area (Å²) in [6.45, 7) is 3.66. The van der Waals surface area contributed by atoms with Crippen molar-refractivity contribution in [1.82, 2.24) is 0 Å². The molecule has 2 aromatic rings. The van der Waals surface area contributed by atoms with Crippen molar-refractivity contribution < 1.29 is 28.6 Å². The van der Waals surface area contributed by atoms with Crippen LogP contribution in [0.25, 0.3) is 0 Å². The molecule has 2 aliphatic rings. The summed E-state index contributed by atoms with van der Waals surface area (Å²) >= 11 is 3.52. The Bertz CT molecular complexity index is 1010. The molecule has 4 rings (SSSR count). The first-order valence-corrected chi connectivity index (χ1v) is 10.6. The fraction of sp³-hybridized carbons (Fsp3) is 0.348. The lowest BCUT2D eigenvalue weighted by atomic mass is 9.73. The van der Waals surface area contributed by atoms with Gasteiger partial charge in [-0.05, 0) is 37.6 Å². The van der Waals surface area contributed by atoms with Gasteiger partial charge in [0.25, 0.3) is 0 Å². The van der Waals surface area contributed by atoms with E-state index in [1.54, 1.807) is 50.2 Å². The molecule has 2 aromatic carbocycles. The van der Waals surface area contributed by atoms with E-state index in [1.807, 2.05) is 12.1 Å². The minimum Gasteiger partial charge on any atom is -0.487 e. The zero-order valence-corrected chi connectivity index (χ0v) is 18.2. The molecule has 0 saturated carbocycles. The molecule has 0 fully saturated rings. The van der Waals surface area contributed by atoms with Gasteiger partial charge < -0.3 is 14.2 Å². The van der Waals surface area contributed by atoms with Gasteiger partial charge in [0.15, 0.2) is 5.78 Å². The summed E-state index contributed by atoms with van der Waals surface area (Å²) < 4.78 is 15.7. The number of carbonyl (C=O) groups is 3. The first-order valence-electron chi connectivity index (χ1n) is 9.80. The number of para-hydroxylation sites is 2. The third kappa shape index (κ3) is 3.41. The van der Waals surface area contributed by atoms with E-state index in [1.165, 1.54) is 0 Å². The van der Waals surface area contributed by atoms with Gasteiger partial charge in [0.1, 0.15) is 27.8 Å². The molecule has 0 spiro atoms. The quantitative estimate of drug-likeness (QED) is 0.379. The number of ketones is 1. The predicted octanol–water partition coefficient (Wildman–Crippen LogP) is 4.06. The van der Waals surface area contributed by atoms with E-state index in [9.17, 15) is 14.4 Å². The van der Waals surface area contributed by atoms with Crippen molar-refractivity contribution in [3.05, 3.63) is 59.7 Å². The van der Waals surface area contributed by atoms with Gasteiger partial charge in [-0.3, -0.25) is 14.4 Å². The first-order chi connectivity index (χ1) is 14.3. The minimum absolute atomic E-state index is 0.0244. The van der Waals surface area contributed by atoms with Gasteiger partial charge in [0.2, 0.25) is 0 Å². The third-order valence-electron chi connectivity index (χ3n) is 5.62. The van der Waals surface area contributed by atoms with Crippen LogP contribution in [0.15, 0.2) is 48.5 Å². The molecule has 2 heterocycles. The molecular weight excluding hydrogens is 452 g/mol. The Morgan fingerprint density at radius 2 is 1.77 bits per heavy atom. The van der Waals surface area contributed by atoms with Crippen LogP contribution in [0.3, 0.4) is 0 Å². The number of benzene rings is 2. The average Bonchev–Trinajstić information content (AvgIpc) is 2.72. The number of Topliss-reactive ketones (excluding diaryl/α,β-unsaturated/α-hetero) is 1. The van der Waals surface area contributed by atoms with Crippen LogP contribution in [-0.4, -0.2) is 34.8 Å². The maximum Gasteiger partial charge on any atom is 0.318 e. The molecule has 0 unspecified atom stereocenters. The fourth-order valence-corrected chi connectivity index (χ4v) is 4.78. The maximum atomic E-state index is 13.2. The molecule has 0 bridgehead atoms. The molecule has 4 atom stereocenters. The maximum absolute atomic E-state index is 13.2. The summed E-state index contributed by atoms with van der Waals surface area (Å²) in [5.74, 6) is -1.76. The summed E-state index contributed by atoms with van der Waals surface area (Å²) in [6, 6.07) is 14.0. The summed E-state index contributed by atoms with van der Waals surface area (Å²) in [7, 11) is 0. The van der Waals surface area contributed by atoms with E-state index in [4.69, 9.17) is 14.2 Å². The highest BCUT2D eigenvalue weighted by molar-refractivity contribution is 9.10. The monoisotopic (exact) mass is 472 g/mol. The van der Waals surface area contributed by atoms with Crippen LogP contribution in [0, 0.1) is 5.92 Å². The average molecular weight is 473 g/mol. The van der Waals surface area contributed by atoms with Crippen molar-refractivity contribution in [2.24, 2.45) is 5.92 Å². The molecule has 0 amide bonds. The summed E-state index contributed by atoms with van der Waals surface area (Å²) in [5, 5.41) is 0. The second kappa shape index (κ2) is 7.87. The number of hydrogen-bond donors (Lipinski definition) is 0. The zero-order valence-electron chi connectivity index (χ0n) is 16.6. The number of halogens is 1. The van der Waals surface area contributed by atoms with Crippen molar-refractivity contribution in [3.8, 4) is 11.5 Å². The number of esters is 2. The topological polar surface area (TPSA) is 78.9 Å². The van der Waals surface area contributed by atoms with Crippen LogP contribution in [0.5, 0.6) is 11.5 Å². The van der Waals surface area contributed by atoms with Crippen molar-refractivity contribution in [1.29, 1.82) is 0 Å². The smallest absolute Gasteiger partial charge is 0.318 e. The van der Waals surface area contributed by atoms with Crippen molar-refractivity contribution in [2.75, 3.05) is 6.61 Å². The summed E-state index contributed by atoms with van der Waals surface area (Å²) in [5.41, 5.74) is 1.16. The van der Waals surface area contributed by atoms with Gasteiger partial charge in [-0.15, -0.1) is 0 Å². The molecule has 156 valence electrons. The van der Waals surface area contributed by atoms with Crippen LogP contribution >= 0.6 is 15.9 Å². The normalized spacial score (nSPS) is 27.4. The Kier molecular flexibility index (Phi) is 5.40. The molecule has 30 heavy (non-hydrogen) atoms. The molecule has 2 aliphatic heterocycles. The van der Waals surface area contributed by atoms with Gasteiger partial charge >= 0.3 is 11.9 Å². The largest absolute Gasteiger partial charge is 0.487 e. The van der Waals surface area contributed by atoms with E-state index < -0.39 is 34.2 Å². The van der Waals surface area contributed by atoms with E-state index in [0.29, 0.717) is 22.6 Å². The third-order valence-corrected chi connectivity index (χ3v) is 6.43. The number of alkyl halides is 1. The van der Waals surface area contributed by atoms with Crippen LogP contribution in [0.1, 0.15) is 42.1 Å². The van der Waals surface area contributed by atoms with Crippen LogP contribution in [-0.2, 0) is 14.3 Å². The number of carbonyl (C=O) groups excluding carboxylic acids is 3. The van der Waals surface area contributed by atoms with Crippen molar-refractivity contribution >= 4 is 33.7 Å². The van der Waals surface area contributed by atoms with E-state index in [2.05, 4.69) is 15.9 Å². The Morgan fingerprint density at radius 3 is 2.50 bits per heavy atom. The second-order valence-corrected chi connectivity index (χ2v) is 9.19. The molecule has 6 nitrogen and oxygen atoms in total. The SMILES string of the molecule is CCOC(=O)C[C@@H]1c2ccccc2OC(=O)[C@H]1[C@H]1Oc2ccccc2C(=O)[C@]1(C)Br. The van der Waals surface area contributed by atoms with E-state index in [-0.39, 0.29) is 18.8 Å². The molecular formula is C23H21BrO6. The summed E-state index contributed by atoms with van der Waals surface area (Å²) in [4.78, 5) is 38.7. The number of rotatable bonds is 4. The lowest BCUT2D eigenvalue weighted by Gasteiger charge is -2.43. The van der Waals surface area contributed by atoms with Gasteiger partial charge in [0.05, 0.1) is 18.6 Å². The van der Waals surface area contributed by atoms with Crippen molar-refractivity contribution in [3.63, 3.8) is 0 Å². The Morgan fingerprint density at radius 1 is 1.10 bits per heavy atom. The molecule has 0 radical (unpaired) electrons. The van der Waals surface area contributed by atoms with E-state index >= 15 is 0 Å². The molecule has 0 saturated heterocycles. The highest BCUT2D eigenvalue weighted by Crippen LogP contribution is 2.49. The lowest BCUT2D eigenvalue weighted by Crippen LogP contribution is -2.57. The van der Waals surface area contributed by atoms with Gasteiger partial charge in [-0.2, -0.15) is 0 Å². The van der Waals surface area contributed by atoms with E-state index in [0.717, 1.165) is 0 Å². The Balaban J connectivity index is 1.80. The fourth-order valence-electron chi connectivity index (χ4n) is 4.19. The molecule has 0 aromatic heterocycles. The van der Waals surface area contributed by atoms with Crippen molar-refractivity contribution in [2.45, 2.75) is 36.6 Å². The highest BCUT2D eigenvalue weighted by Gasteiger charge is 2.56. The van der Waals surface area contributed by atoms with Crippen LogP contribution in [0.4, 0.5) is 0 Å². The van der Waals surface area contributed by atoms with Gasteiger partial charge in [0, 0.05) is 5.92 Å². The number of hydrogen-bond acceptors (Lipinski definition) is 6. The first kappa shape index (κ1) is 20.6. The molecule has 0 N–H and O–H groups in total. The highest BCUT2D eigenvalue weighted by atomic mass is 79.9. The van der Waals surface area contributed by atoms with Gasteiger partial charge in [-0.1, -0.05) is 46.3 Å². The number of ether oxygens (including phenoxy) is 3. The van der Waals surface area contributed by atoms with Crippen LogP contribution < -0.4 is 9.47 Å². The second-order valence-electron chi connectivity index (χ2n) is 7.54. The van der Waals surface area contributed by atoms with Gasteiger partial charge in [-0.25, -0.2) is 0 Å². The lowest BCUT2D eigenvalue weighted by molar-refractivity contribution is -0.149. The minimum atomic E-state index is -1.18. The predicted molar refractivity (Wildman–Crippen MR) is 112 cm³/mol. The molecule has 7 heteroatoms. The van der Waals surface area contributed by atoms with Crippen LogP contribution in [0.2, 0.25) is 0 Å². The Hall–Kier alpha value is -2.67. The standard InChI is InChI=1S/C23H21BrO6/c1-3-28-18(25)12-15-13-8-4-6-10-16(13)30-22(27)19(15)21-23(2,24)20(26)14-9-5-7-11-17(14)29-21/h4-11,15,19,21H,3,12H2,1-2H3/t15-,19-,21-,23+/m1/s1. The number of fused-ring (bicyclic) bond motifs is 2.